The summed E-state index contributed by atoms with van der Waals surface area (Å²) in [6.07, 6.45) is 1.43. The number of carboxylic acids is 1. The van der Waals surface area contributed by atoms with Gasteiger partial charge in [0.1, 0.15) is 17.5 Å². The fourth-order valence-electron chi connectivity index (χ4n) is 2.15. The molecule has 148 valence electrons. The van der Waals surface area contributed by atoms with E-state index < -0.39 is 29.3 Å². The van der Waals surface area contributed by atoms with Crippen LogP contribution >= 0.6 is 35.7 Å². The van der Waals surface area contributed by atoms with Gasteiger partial charge in [0, 0.05) is 18.7 Å². The first-order chi connectivity index (χ1) is 13.2. The van der Waals surface area contributed by atoms with E-state index in [1.807, 2.05) is 0 Å². The maximum absolute atomic E-state index is 12.3. The zero-order valence-electron chi connectivity index (χ0n) is 14.4. The number of ether oxygens (including phenoxy) is 1. The van der Waals surface area contributed by atoms with E-state index in [2.05, 4.69) is 0 Å². The number of esters is 1. The van der Waals surface area contributed by atoms with Crippen molar-refractivity contribution in [2.75, 3.05) is 18.9 Å². The van der Waals surface area contributed by atoms with Gasteiger partial charge in [0.05, 0.1) is 14.7 Å². The summed E-state index contributed by atoms with van der Waals surface area (Å²) in [5.41, 5.74) is 0.259. The first-order valence-corrected chi connectivity index (χ1v) is 9.92. The van der Waals surface area contributed by atoms with E-state index >= 15 is 0 Å². The monoisotopic (exact) mass is 442 g/mol. The summed E-state index contributed by atoms with van der Waals surface area (Å²) in [4.78, 5) is 46.2. The fraction of sp³-hybridized carbons (Fsp3) is 0.250. The third kappa shape index (κ3) is 5.78. The van der Waals surface area contributed by atoms with E-state index in [-0.39, 0.29) is 21.5 Å². The first-order valence-electron chi connectivity index (χ1n) is 7.71. The van der Waals surface area contributed by atoms with Crippen LogP contribution in [-0.2, 0) is 19.1 Å². The minimum Gasteiger partial charge on any atom is -0.480 e. The van der Waals surface area contributed by atoms with E-state index in [1.165, 1.54) is 30.8 Å². The Kier molecular flexibility index (Phi) is 7.54. The smallest absolute Gasteiger partial charge is 0.323 e. The van der Waals surface area contributed by atoms with E-state index in [4.69, 9.17) is 22.1 Å². The van der Waals surface area contributed by atoms with Gasteiger partial charge in [-0.15, -0.1) is 11.8 Å². The molecule has 0 atom stereocenters. The van der Waals surface area contributed by atoms with Gasteiger partial charge in [-0.2, -0.15) is 0 Å². The Bertz CT molecular complexity index is 885. The van der Waals surface area contributed by atoms with Crippen LogP contribution in [-0.4, -0.2) is 56.0 Å². The van der Waals surface area contributed by atoms with Crippen molar-refractivity contribution in [1.29, 1.82) is 0 Å². The van der Waals surface area contributed by atoms with Crippen molar-refractivity contribution >= 4 is 69.7 Å². The predicted molar refractivity (Wildman–Crippen MR) is 108 cm³/mol. The van der Waals surface area contributed by atoms with Crippen molar-refractivity contribution < 1.29 is 29.2 Å². The maximum Gasteiger partial charge on any atom is 0.323 e. The van der Waals surface area contributed by atoms with Gasteiger partial charge in [-0.3, -0.25) is 29.4 Å². The molecule has 0 radical (unpaired) electrons. The van der Waals surface area contributed by atoms with Crippen LogP contribution in [0.15, 0.2) is 28.0 Å². The molecule has 1 heterocycles. The summed E-state index contributed by atoms with van der Waals surface area (Å²) in [6, 6.07) is 4.46. The lowest BCUT2D eigenvalue weighted by molar-refractivity contribution is -0.387. The fourth-order valence-corrected chi connectivity index (χ4v) is 4.24. The zero-order chi connectivity index (χ0) is 20.8. The van der Waals surface area contributed by atoms with Gasteiger partial charge in [0.2, 0.25) is 0 Å². The molecule has 1 fully saturated rings. The number of aliphatic carboxylic acids is 1. The van der Waals surface area contributed by atoms with Crippen LogP contribution in [0.3, 0.4) is 0 Å². The summed E-state index contributed by atoms with van der Waals surface area (Å²) >= 11 is 7.12. The Morgan fingerprint density at radius 3 is 2.79 bits per heavy atom. The van der Waals surface area contributed by atoms with Gasteiger partial charge in [-0.25, -0.2) is 0 Å². The molecule has 2 rings (SSSR count). The third-order valence-corrected chi connectivity index (χ3v) is 5.70. The number of hydrogen-bond donors (Lipinski definition) is 1. The maximum atomic E-state index is 12.3. The quantitative estimate of drug-likeness (QED) is 0.122. The highest BCUT2D eigenvalue weighted by Gasteiger charge is 2.33. The Hall–Kier alpha value is -2.44. The van der Waals surface area contributed by atoms with Gasteiger partial charge in [-0.05, 0) is 17.7 Å². The van der Waals surface area contributed by atoms with Crippen molar-refractivity contribution in [2.24, 2.45) is 0 Å². The lowest BCUT2D eigenvalue weighted by atomic mass is 10.2. The molecule has 1 aromatic rings. The topological polar surface area (TPSA) is 127 Å². The van der Waals surface area contributed by atoms with Crippen molar-refractivity contribution in [2.45, 2.75) is 11.8 Å². The van der Waals surface area contributed by atoms with Crippen LogP contribution in [0.5, 0.6) is 0 Å². The standard InChI is InChI=1S/C16H14N2O7S3/c1-9(19)25-4-5-27-12-3-2-10(6-11(12)18(23)24)7-13-15(22)17(8-14(20)21)16(26)28-13/h2-3,6-7H,4-5,8H2,1H3,(H,20,21). The highest BCUT2D eigenvalue weighted by Crippen LogP contribution is 2.35. The van der Waals surface area contributed by atoms with Crippen LogP contribution in [0.2, 0.25) is 0 Å². The molecule has 28 heavy (non-hydrogen) atoms. The highest BCUT2D eigenvalue weighted by atomic mass is 32.2. The van der Waals surface area contributed by atoms with Crippen LogP contribution in [0.25, 0.3) is 6.08 Å². The largest absolute Gasteiger partial charge is 0.480 e. The lowest BCUT2D eigenvalue weighted by Crippen LogP contribution is -2.33. The van der Waals surface area contributed by atoms with Crippen molar-refractivity contribution in [3.63, 3.8) is 0 Å². The summed E-state index contributed by atoms with van der Waals surface area (Å²) in [7, 11) is 0. The molecule has 1 aliphatic rings. The number of nitro groups is 1. The molecule has 0 aliphatic carbocycles. The number of nitrogens with zero attached hydrogens (tertiary/aromatic N) is 2. The number of hydrogen-bond acceptors (Lipinski definition) is 9. The molecular formula is C16H14N2O7S3. The molecule has 0 saturated carbocycles. The van der Waals surface area contributed by atoms with Crippen molar-refractivity contribution in [3.05, 3.63) is 38.8 Å². The molecular weight excluding hydrogens is 428 g/mol. The number of thioether (sulfide) groups is 2. The Labute approximate surface area is 173 Å². The summed E-state index contributed by atoms with van der Waals surface area (Å²) < 4.78 is 4.91. The summed E-state index contributed by atoms with van der Waals surface area (Å²) in [5, 5.41) is 20.2. The zero-order valence-corrected chi connectivity index (χ0v) is 16.9. The van der Waals surface area contributed by atoms with Crippen LogP contribution < -0.4 is 0 Å². The molecule has 0 aromatic heterocycles. The molecule has 1 aliphatic heterocycles. The predicted octanol–water partition coefficient (Wildman–Crippen LogP) is 2.54. The third-order valence-electron chi connectivity index (χ3n) is 3.29. The summed E-state index contributed by atoms with van der Waals surface area (Å²) in [5.74, 6) is -1.82. The molecule has 0 bridgehead atoms. The Morgan fingerprint density at radius 1 is 1.46 bits per heavy atom. The molecule has 0 spiro atoms. The van der Waals surface area contributed by atoms with Gasteiger partial charge in [0.15, 0.2) is 0 Å². The second-order valence-corrected chi connectivity index (χ2v) is 8.15. The number of rotatable bonds is 8. The normalized spacial score (nSPS) is 15.2. The Balaban J connectivity index is 2.19. The van der Waals surface area contributed by atoms with Crippen LogP contribution in [0.4, 0.5) is 5.69 Å². The highest BCUT2D eigenvalue weighted by molar-refractivity contribution is 8.26. The van der Waals surface area contributed by atoms with E-state index in [9.17, 15) is 24.5 Å². The van der Waals surface area contributed by atoms with E-state index in [1.54, 1.807) is 12.1 Å². The number of carboxylic acid groups (broad SMARTS) is 1. The van der Waals surface area contributed by atoms with Gasteiger partial charge < -0.3 is 9.84 Å². The van der Waals surface area contributed by atoms with Gasteiger partial charge in [0.25, 0.3) is 11.6 Å². The number of carbonyl (C=O) groups is 3. The average Bonchev–Trinajstić information content (AvgIpc) is 2.86. The number of amides is 1. The van der Waals surface area contributed by atoms with Gasteiger partial charge >= 0.3 is 11.9 Å². The Morgan fingerprint density at radius 2 is 2.18 bits per heavy atom. The molecule has 0 unspecified atom stereocenters. The molecule has 9 nitrogen and oxygen atoms in total. The van der Waals surface area contributed by atoms with E-state index in [0.29, 0.717) is 16.2 Å². The second-order valence-electron chi connectivity index (χ2n) is 5.33. The minimum absolute atomic E-state index is 0.116. The number of carbonyl (C=O) groups excluding carboxylic acids is 2. The average molecular weight is 442 g/mol. The number of benzene rings is 1. The molecule has 1 saturated heterocycles. The lowest BCUT2D eigenvalue weighted by Gasteiger charge is -2.10. The van der Waals surface area contributed by atoms with E-state index in [0.717, 1.165) is 16.7 Å². The van der Waals surface area contributed by atoms with Crippen LogP contribution in [0.1, 0.15) is 12.5 Å². The molecule has 1 aromatic carbocycles. The minimum atomic E-state index is -1.19. The molecule has 1 amide bonds. The SMILES string of the molecule is CC(=O)OCCSc1ccc(C=C2SC(=S)N(CC(=O)O)C2=O)cc1[N+](=O)[O-]. The number of thiocarbonyl (C=S) groups is 1. The van der Waals surface area contributed by atoms with Gasteiger partial charge in [-0.1, -0.05) is 30.0 Å². The first kappa shape index (κ1) is 21.9. The number of nitro benzene ring substituents is 1. The van der Waals surface area contributed by atoms with Crippen molar-refractivity contribution in [1.82, 2.24) is 4.90 Å². The molecule has 12 heteroatoms. The van der Waals surface area contributed by atoms with Crippen LogP contribution in [0, 0.1) is 10.1 Å². The van der Waals surface area contributed by atoms with Crippen molar-refractivity contribution in [3.8, 4) is 0 Å². The summed E-state index contributed by atoms with van der Waals surface area (Å²) in [6.45, 7) is 0.867. The second kappa shape index (κ2) is 9.66. The molecule has 1 N–H and O–H groups in total.